The van der Waals surface area contributed by atoms with Crippen LogP contribution in [0.1, 0.15) is 39.5 Å². The van der Waals surface area contributed by atoms with Crippen molar-refractivity contribution in [3.63, 3.8) is 0 Å². The SMILES string of the molecule is CCCCCC.Cl.Cl.[CH3-].[Si].[Zr+3].c1ccc2[cH-]ccc2c1.c1ccc2[cH-]ccc2c1. The summed E-state index contributed by atoms with van der Waals surface area (Å²) in [5.74, 6) is 0. The summed E-state index contributed by atoms with van der Waals surface area (Å²) in [5, 5.41) is 5.32. The Morgan fingerprint density at radius 3 is 1.28 bits per heavy atom. The first kappa shape index (κ1) is 35.8. The third kappa shape index (κ3) is 13.3. The van der Waals surface area contributed by atoms with E-state index in [1.165, 1.54) is 47.2 Å². The molecule has 0 fully saturated rings. The van der Waals surface area contributed by atoms with Gasteiger partial charge in [-0.1, -0.05) is 51.7 Å². The first-order chi connectivity index (χ1) is 11.8. The Morgan fingerprint density at radius 1 is 0.621 bits per heavy atom. The van der Waals surface area contributed by atoms with Crippen molar-refractivity contribution < 1.29 is 26.2 Å². The normalized spacial score (nSPS) is 8.21. The zero-order valence-electron chi connectivity index (χ0n) is 17.7. The first-order valence-corrected chi connectivity index (χ1v) is 9.06. The van der Waals surface area contributed by atoms with Gasteiger partial charge in [0.2, 0.25) is 0 Å². The number of rotatable bonds is 3. The Balaban J connectivity index is -0.000000152. The van der Waals surface area contributed by atoms with Gasteiger partial charge in [-0.3, -0.25) is 0 Å². The van der Waals surface area contributed by atoms with E-state index in [1.54, 1.807) is 0 Å². The van der Waals surface area contributed by atoms with Crippen molar-refractivity contribution in [2.75, 3.05) is 0 Å². The number of hydrogen-bond acceptors (Lipinski definition) is 0. The van der Waals surface area contributed by atoms with Gasteiger partial charge in [0.25, 0.3) is 0 Å². The molecular formula is C25H33Cl2SiZr. The van der Waals surface area contributed by atoms with Crippen molar-refractivity contribution >= 4 is 57.3 Å². The fourth-order valence-corrected chi connectivity index (χ4v) is 2.64. The predicted molar refractivity (Wildman–Crippen MR) is 136 cm³/mol. The molecular weight excluding hydrogens is 490 g/mol. The van der Waals surface area contributed by atoms with E-state index in [0.717, 1.165) is 0 Å². The van der Waals surface area contributed by atoms with Crippen LogP contribution in [-0.4, -0.2) is 11.0 Å². The monoisotopic (exact) mass is 521 g/mol. The molecule has 0 saturated carbocycles. The molecule has 0 aliphatic heterocycles. The number of unbranched alkanes of at least 4 members (excludes halogenated alkanes) is 3. The third-order valence-corrected chi connectivity index (χ3v) is 4.05. The van der Waals surface area contributed by atoms with Crippen LogP contribution >= 0.6 is 24.8 Å². The molecule has 0 saturated heterocycles. The predicted octanol–water partition coefficient (Wildman–Crippen LogP) is 8.61. The molecule has 4 aromatic carbocycles. The van der Waals surface area contributed by atoms with E-state index in [1.807, 2.05) is 0 Å². The van der Waals surface area contributed by atoms with Crippen LogP contribution < -0.4 is 0 Å². The van der Waals surface area contributed by atoms with E-state index in [9.17, 15) is 0 Å². The minimum atomic E-state index is 0. The van der Waals surface area contributed by atoms with Gasteiger partial charge in [0.15, 0.2) is 0 Å². The van der Waals surface area contributed by atoms with E-state index in [-0.39, 0.29) is 69.4 Å². The zero-order chi connectivity index (χ0) is 17.0. The summed E-state index contributed by atoms with van der Waals surface area (Å²) >= 11 is 0. The molecule has 0 nitrogen and oxygen atoms in total. The van der Waals surface area contributed by atoms with Crippen molar-refractivity contribution in [2.24, 2.45) is 0 Å². The minimum absolute atomic E-state index is 0. The molecule has 0 heterocycles. The molecule has 0 atom stereocenters. The summed E-state index contributed by atoms with van der Waals surface area (Å²) in [7, 11) is 0. The molecule has 155 valence electrons. The van der Waals surface area contributed by atoms with Crippen LogP contribution in [0.4, 0.5) is 0 Å². The van der Waals surface area contributed by atoms with E-state index in [0.29, 0.717) is 0 Å². The van der Waals surface area contributed by atoms with E-state index in [4.69, 9.17) is 0 Å². The number of halogens is 2. The minimum Gasteiger partial charge on any atom is -0.358 e. The van der Waals surface area contributed by atoms with E-state index in [2.05, 4.69) is 98.8 Å². The Labute approximate surface area is 214 Å². The number of hydrogen-bond donors (Lipinski definition) is 0. The fourth-order valence-electron chi connectivity index (χ4n) is 2.64. The van der Waals surface area contributed by atoms with Gasteiger partial charge in [0.05, 0.1) is 0 Å². The average Bonchev–Trinajstić information content (AvgIpc) is 3.29. The largest absolute Gasteiger partial charge is 3.00 e. The summed E-state index contributed by atoms with van der Waals surface area (Å²) in [4.78, 5) is 0. The maximum atomic E-state index is 2.23. The van der Waals surface area contributed by atoms with Gasteiger partial charge >= 0.3 is 26.2 Å². The van der Waals surface area contributed by atoms with Gasteiger partial charge in [-0.05, 0) is 0 Å². The molecule has 0 amide bonds. The van der Waals surface area contributed by atoms with Crippen LogP contribution in [-0.2, 0) is 26.2 Å². The molecule has 29 heavy (non-hydrogen) atoms. The van der Waals surface area contributed by atoms with Crippen molar-refractivity contribution in [3.8, 4) is 0 Å². The van der Waals surface area contributed by atoms with E-state index >= 15 is 0 Å². The Hall–Kier alpha value is -0.660. The summed E-state index contributed by atoms with van der Waals surface area (Å²) in [6, 6.07) is 29.3. The quantitative estimate of drug-likeness (QED) is 0.143. The van der Waals surface area contributed by atoms with E-state index < -0.39 is 0 Å². The van der Waals surface area contributed by atoms with Gasteiger partial charge < -0.3 is 7.43 Å². The van der Waals surface area contributed by atoms with Crippen molar-refractivity contribution in [3.05, 3.63) is 92.4 Å². The summed E-state index contributed by atoms with van der Waals surface area (Å²) in [6.45, 7) is 4.46. The van der Waals surface area contributed by atoms with Crippen molar-refractivity contribution in [2.45, 2.75) is 39.5 Å². The molecule has 0 aliphatic rings. The zero-order valence-corrected chi connectivity index (χ0v) is 22.8. The third-order valence-electron chi connectivity index (χ3n) is 4.05. The van der Waals surface area contributed by atoms with Crippen LogP contribution in [0.3, 0.4) is 0 Å². The smallest absolute Gasteiger partial charge is 0.358 e. The molecule has 0 spiro atoms. The molecule has 0 aliphatic carbocycles. The topological polar surface area (TPSA) is 0 Å². The summed E-state index contributed by atoms with van der Waals surface area (Å²) < 4.78 is 0. The second-order valence-corrected chi connectivity index (χ2v) is 6.02. The number of fused-ring (bicyclic) bond motifs is 2. The van der Waals surface area contributed by atoms with Crippen molar-refractivity contribution in [1.82, 2.24) is 0 Å². The number of benzene rings is 2. The molecule has 0 N–H and O–H groups in total. The fraction of sp³-hybridized carbons (Fsp3) is 0.240. The van der Waals surface area contributed by atoms with Crippen LogP contribution in [0.2, 0.25) is 0 Å². The summed E-state index contributed by atoms with van der Waals surface area (Å²) in [5.41, 5.74) is 0. The van der Waals surface area contributed by atoms with Crippen LogP contribution in [0.25, 0.3) is 21.5 Å². The van der Waals surface area contributed by atoms with Gasteiger partial charge in [0.1, 0.15) is 0 Å². The molecule has 5 radical (unpaired) electrons. The maximum Gasteiger partial charge on any atom is 3.00 e. The Kier molecular flexibility index (Phi) is 27.2. The maximum absolute atomic E-state index is 2.23. The summed E-state index contributed by atoms with van der Waals surface area (Å²) in [6.07, 6.45) is 5.54. The first-order valence-electron chi connectivity index (χ1n) is 9.06. The van der Waals surface area contributed by atoms with Gasteiger partial charge in [0, 0.05) is 11.0 Å². The molecule has 0 unspecified atom stereocenters. The van der Waals surface area contributed by atoms with Crippen molar-refractivity contribution in [1.29, 1.82) is 0 Å². The molecule has 4 aromatic rings. The molecule has 4 heteroatoms. The second-order valence-electron chi connectivity index (χ2n) is 6.02. The Morgan fingerprint density at radius 2 is 0.966 bits per heavy atom. The standard InChI is InChI=1S/2C9H7.C6H14.CH3.2ClH.Si.Zr/c2*1-2-5-9-7-3-6-8(9)4-1;1-3-5-6-4-2;;;;;/h2*1-7H;3-6H2,1-2H3;1H3;2*1H;;/q2*-1;;-1;;;;+3. The van der Waals surface area contributed by atoms with Crippen LogP contribution in [0, 0.1) is 7.43 Å². The van der Waals surface area contributed by atoms with Gasteiger partial charge in [-0.2, -0.15) is 35.0 Å². The molecule has 4 rings (SSSR count). The average molecular weight is 524 g/mol. The van der Waals surface area contributed by atoms with Gasteiger partial charge in [-0.15, -0.1) is 84.1 Å². The second kappa shape index (κ2) is 22.0. The van der Waals surface area contributed by atoms with Crippen LogP contribution in [0.15, 0.2) is 84.9 Å². The Bertz CT molecular complexity index is 693. The molecule has 0 aromatic heterocycles. The van der Waals surface area contributed by atoms with Crippen LogP contribution in [0.5, 0.6) is 0 Å². The van der Waals surface area contributed by atoms with Gasteiger partial charge in [-0.25, -0.2) is 0 Å². The molecule has 0 bridgehead atoms.